The molecule has 0 aliphatic rings. The van der Waals surface area contributed by atoms with Gasteiger partial charge in [0.05, 0.1) is 4.47 Å². The number of hydrogen-bond acceptors (Lipinski definition) is 3. The fourth-order valence-electron chi connectivity index (χ4n) is 1.60. The largest absolute Gasteiger partial charge is 0.573 e. The highest BCUT2D eigenvalue weighted by Gasteiger charge is 2.31. The van der Waals surface area contributed by atoms with Crippen molar-refractivity contribution < 1.29 is 17.9 Å². The first-order valence-electron chi connectivity index (χ1n) is 5.74. The van der Waals surface area contributed by atoms with Crippen molar-refractivity contribution in [3.8, 4) is 5.75 Å². The Kier molecular flexibility index (Phi) is 4.93. The van der Waals surface area contributed by atoms with Crippen LogP contribution in [0, 0.1) is 0 Å². The zero-order valence-corrected chi connectivity index (χ0v) is 12.6. The maximum Gasteiger partial charge on any atom is 0.573 e. The summed E-state index contributed by atoms with van der Waals surface area (Å²) in [7, 11) is 0. The second-order valence-corrected chi connectivity index (χ2v) is 5.64. The average Bonchev–Trinajstić information content (AvgIpc) is 2.84. The Morgan fingerprint density at radius 1 is 1.25 bits per heavy atom. The van der Waals surface area contributed by atoms with E-state index in [2.05, 4.69) is 31.4 Å². The van der Waals surface area contributed by atoms with Gasteiger partial charge in [-0.2, -0.15) is 11.3 Å². The number of rotatable bonds is 5. The molecule has 0 fully saturated rings. The summed E-state index contributed by atoms with van der Waals surface area (Å²) in [6, 6.07) is 6.45. The van der Waals surface area contributed by atoms with Gasteiger partial charge in [-0.15, -0.1) is 13.2 Å². The molecule has 0 saturated carbocycles. The van der Waals surface area contributed by atoms with Gasteiger partial charge in [0.2, 0.25) is 0 Å². The second-order valence-electron chi connectivity index (χ2n) is 4.00. The normalized spacial score (nSPS) is 11.4. The predicted molar refractivity (Wildman–Crippen MR) is 77.3 cm³/mol. The van der Waals surface area contributed by atoms with Crippen molar-refractivity contribution >= 4 is 33.0 Å². The van der Waals surface area contributed by atoms with Crippen LogP contribution in [0.2, 0.25) is 0 Å². The lowest BCUT2D eigenvalue weighted by atomic mass is 10.2. The van der Waals surface area contributed by atoms with Crippen molar-refractivity contribution in [3.63, 3.8) is 0 Å². The summed E-state index contributed by atoms with van der Waals surface area (Å²) in [6.07, 6.45) is -3.82. The lowest BCUT2D eigenvalue weighted by Crippen LogP contribution is -2.17. The van der Waals surface area contributed by atoms with E-state index in [0.29, 0.717) is 6.54 Å². The molecular weight excluding hydrogens is 355 g/mol. The van der Waals surface area contributed by atoms with Gasteiger partial charge < -0.3 is 10.1 Å². The van der Waals surface area contributed by atoms with Crippen LogP contribution >= 0.6 is 27.3 Å². The summed E-state index contributed by atoms with van der Waals surface area (Å²) in [4.78, 5) is 0. The van der Waals surface area contributed by atoms with Crippen LogP contribution in [0.25, 0.3) is 0 Å². The first kappa shape index (κ1) is 15.2. The zero-order valence-electron chi connectivity index (χ0n) is 10.2. The minimum Gasteiger partial charge on any atom is -0.405 e. The zero-order chi connectivity index (χ0) is 14.6. The van der Waals surface area contributed by atoms with E-state index in [1.54, 1.807) is 23.5 Å². The first-order chi connectivity index (χ1) is 9.44. The molecule has 2 nitrogen and oxygen atoms in total. The third kappa shape index (κ3) is 4.72. The third-order valence-electron chi connectivity index (χ3n) is 2.48. The molecule has 7 heteroatoms. The summed E-state index contributed by atoms with van der Waals surface area (Å²) < 4.78 is 40.5. The van der Waals surface area contributed by atoms with Gasteiger partial charge in [0.1, 0.15) is 5.75 Å². The smallest absolute Gasteiger partial charge is 0.405 e. The van der Waals surface area contributed by atoms with Crippen LogP contribution in [-0.2, 0) is 6.42 Å². The predicted octanol–water partition coefficient (Wildman–Crippen LogP) is 5.06. The van der Waals surface area contributed by atoms with E-state index >= 15 is 0 Å². The van der Waals surface area contributed by atoms with E-state index in [-0.39, 0.29) is 10.2 Å². The SMILES string of the molecule is FC(F)(F)Oc1ccc(NCCc2ccsc2)cc1Br. The van der Waals surface area contributed by atoms with Crippen molar-refractivity contribution in [2.24, 2.45) is 0 Å². The molecule has 0 unspecified atom stereocenters. The monoisotopic (exact) mass is 365 g/mol. The highest BCUT2D eigenvalue weighted by atomic mass is 79.9. The Labute approximate surface area is 126 Å². The summed E-state index contributed by atoms with van der Waals surface area (Å²) in [6.45, 7) is 0.711. The molecule has 0 aliphatic heterocycles. The summed E-state index contributed by atoms with van der Waals surface area (Å²) in [5.41, 5.74) is 1.97. The lowest BCUT2D eigenvalue weighted by Gasteiger charge is -2.12. The molecule has 0 aliphatic carbocycles. The van der Waals surface area contributed by atoms with Gasteiger partial charge >= 0.3 is 6.36 Å². The van der Waals surface area contributed by atoms with Gasteiger partial charge in [0.25, 0.3) is 0 Å². The Balaban J connectivity index is 1.91. The van der Waals surface area contributed by atoms with Gasteiger partial charge in [-0.25, -0.2) is 0 Å². The molecule has 1 N–H and O–H groups in total. The first-order valence-corrected chi connectivity index (χ1v) is 7.48. The molecule has 0 spiro atoms. The average molecular weight is 366 g/mol. The highest BCUT2D eigenvalue weighted by molar-refractivity contribution is 9.10. The standard InChI is InChI=1S/C13H11BrF3NOS/c14-11-7-10(1-2-12(11)19-13(15,16)17)18-5-3-9-4-6-20-8-9/h1-2,4,6-8,18H,3,5H2. The van der Waals surface area contributed by atoms with Crippen LogP contribution in [-0.4, -0.2) is 12.9 Å². The highest BCUT2D eigenvalue weighted by Crippen LogP contribution is 2.32. The number of alkyl halides is 3. The molecule has 0 amide bonds. The minimum absolute atomic E-state index is 0.249. The van der Waals surface area contributed by atoms with Gasteiger partial charge in [-0.05, 0) is 62.9 Å². The van der Waals surface area contributed by atoms with Gasteiger partial charge in [-0.3, -0.25) is 0 Å². The fraction of sp³-hybridized carbons (Fsp3) is 0.231. The van der Waals surface area contributed by atoms with Crippen LogP contribution in [0.3, 0.4) is 0 Å². The molecule has 0 bridgehead atoms. The number of benzene rings is 1. The van der Waals surface area contributed by atoms with E-state index in [1.165, 1.54) is 11.6 Å². The van der Waals surface area contributed by atoms with E-state index in [4.69, 9.17) is 0 Å². The maximum absolute atomic E-state index is 12.1. The third-order valence-corrected chi connectivity index (χ3v) is 3.83. The summed E-state index contributed by atoms with van der Waals surface area (Å²) >= 11 is 4.70. The topological polar surface area (TPSA) is 21.3 Å². The van der Waals surface area contributed by atoms with Crippen LogP contribution in [0.5, 0.6) is 5.75 Å². The molecule has 1 heterocycles. The quantitative estimate of drug-likeness (QED) is 0.798. The molecule has 1 aromatic heterocycles. The molecule has 108 valence electrons. The van der Waals surface area contributed by atoms with Crippen molar-refractivity contribution in [2.75, 3.05) is 11.9 Å². The van der Waals surface area contributed by atoms with Crippen LogP contribution in [0.1, 0.15) is 5.56 Å². The number of halogens is 4. The molecule has 0 radical (unpaired) electrons. The van der Waals surface area contributed by atoms with E-state index in [0.717, 1.165) is 12.1 Å². The number of nitrogens with one attached hydrogen (secondary N) is 1. The summed E-state index contributed by atoms with van der Waals surface area (Å²) in [5.74, 6) is -0.249. The molecule has 2 aromatic rings. The Morgan fingerprint density at radius 3 is 2.65 bits per heavy atom. The van der Waals surface area contributed by atoms with Crippen molar-refractivity contribution in [3.05, 3.63) is 45.1 Å². The second kappa shape index (κ2) is 6.49. The van der Waals surface area contributed by atoms with E-state index < -0.39 is 6.36 Å². The van der Waals surface area contributed by atoms with Crippen molar-refractivity contribution in [1.82, 2.24) is 0 Å². The number of hydrogen-bond donors (Lipinski definition) is 1. The number of thiophene rings is 1. The lowest BCUT2D eigenvalue weighted by molar-refractivity contribution is -0.274. The molecule has 0 atom stereocenters. The van der Waals surface area contributed by atoms with Gasteiger partial charge in [0, 0.05) is 12.2 Å². The maximum atomic E-state index is 12.1. The van der Waals surface area contributed by atoms with E-state index in [1.807, 2.05) is 11.4 Å². The van der Waals surface area contributed by atoms with Crippen molar-refractivity contribution in [1.29, 1.82) is 0 Å². The van der Waals surface area contributed by atoms with Crippen LogP contribution in [0.15, 0.2) is 39.5 Å². The molecule has 2 rings (SSSR count). The Bertz CT molecular complexity index is 557. The number of ether oxygens (including phenoxy) is 1. The van der Waals surface area contributed by atoms with Gasteiger partial charge in [0.15, 0.2) is 0 Å². The Hall–Kier alpha value is -1.21. The molecule has 0 saturated heterocycles. The van der Waals surface area contributed by atoms with Crippen LogP contribution < -0.4 is 10.1 Å². The number of anilines is 1. The molecular formula is C13H11BrF3NOS. The molecule has 1 aromatic carbocycles. The minimum atomic E-state index is -4.68. The fourth-order valence-corrected chi connectivity index (χ4v) is 2.77. The van der Waals surface area contributed by atoms with Gasteiger partial charge in [-0.1, -0.05) is 0 Å². The van der Waals surface area contributed by atoms with Crippen molar-refractivity contribution in [2.45, 2.75) is 12.8 Å². The van der Waals surface area contributed by atoms with Crippen LogP contribution in [0.4, 0.5) is 18.9 Å². The Morgan fingerprint density at radius 2 is 2.05 bits per heavy atom. The van der Waals surface area contributed by atoms with E-state index in [9.17, 15) is 13.2 Å². The molecule has 20 heavy (non-hydrogen) atoms. The summed E-state index contributed by atoms with van der Waals surface area (Å²) in [5, 5.41) is 7.23.